The van der Waals surface area contributed by atoms with Gasteiger partial charge in [0.05, 0.1) is 5.69 Å². The zero-order chi connectivity index (χ0) is 14.4. The maximum Gasteiger partial charge on any atom is 0.319 e. The van der Waals surface area contributed by atoms with E-state index in [1.54, 1.807) is 0 Å². The fourth-order valence-corrected chi connectivity index (χ4v) is 1.23. The Morgan fingerprint density at radius 3 is 2.47 bits per heavy atom. The highest BCUT2D eigenvalue weighted by atomic mass is 16.8. The van der Waals surface area contributed by atoms with Crippen molar-refractivity contribution in [1.29, 1.82) is 0 Å². The summed E-state index contributed by atoms with van der Waals surface area (Å²) < 4.78 is 0. The molecule has 1 aromatic carbocycles. The Morgan fingerprint density at radius 1 is 1.32 bits per heavy atom. The van der Waals surface area contributed by atoms with E-state index in [4.69, 9.17) is 10.4 Å². The van der Waals surface area contributed by atoms with Crippen LogP contribution in [0.4, 0.5) is 21.9 Å². The summed E-state index contributed by atoms with van der Waals surface area (Å²) in [6, 6.07) is 2.57. The molecular formula is C10H12N4O5-2. The first-order chi connectivity index (χ1) is 8.93. The molecule has 104 valence electrons. The van der Waals surface area contributed by atoms with Crippen LogP contribution in [0.25, 0.3) is 0 Å². The van der Waals surface area contributed by atoms with Gasteiger partial charge in [0.15, 0.2) is 0 Å². The minimum Gasteiger partial charge on any atom is -0.769 e. The molecule has 0 aliphatic carbocycles. The molecule has 0 unspecified atom stereocenters. The van der Waals surface area contributed by atoms with Crippen LogP contribution in [0, 0.1) is 10.4 Å². The van der Waals surface area contributed by atoms with Gasteiger partial charge in [0.2, 0.25) is 0 Å². The van der Waals surface area contributed by atoms with Crippen molar-refractivity contribution in [2.75, 3.05) is 22.3 Å². The van der Waals surface area contributed by atoms with Crippen LogP contribution in [-0.2, 0) is 0 Å². The van der Waals surface area contributed by atoms with E-state index in [-0.39, 0.29) is 23.1 Å². The summed E-state index contributed by atoms with van der Waals surface area (Å²) in [7, 11) is 0. The maximum absolute atomic E-state index is 11.4. The third-order valence-electron chi connectivity index (χ3n) is 2.01. The van der Waals surface area contributed by atoms with Crippen LogP contribution >= 0.6 is 0 Å². The second kappa shape index (κ2) is 6.56. The molecule has 9 heteroatoms. The monoisotopic (exact) mass is 268 g/mol. The molecule has 0 bridgehead atoms. The molecule has 0 saturated carbocycles. The number of hydrogen-bond acceptors (Lipinski definition) is 7. The van der Waals surface area contributed by atoms with Gasteiger partial charge in [-0.15, -0.1) is 11.8 Å². The number of hydrogen-bond donors (Lipinski definition) is 4. The van der Waals surface area contributed by atoms with Crippen molar-refractivity contribution in [1.82, 2.24) is 5.32 Å². The number of amides is 2. The third kappa shape index (κ3) is 4.44. The smallest absolute Gasteiger partial charge is 0.319 e. The van der Waals surface area contributed by atoms with Gasteiger partial charge in [0, 0.05) is 17.9 Å². The molecule has 4 N–H and O–H groups in total. The van der Waals surface area contributed by atoms with Crippen LogP contribution in [0.15, 0.2) is 30.9 Å². The average molecular weight is 268 g/mol. The Labute approximate surface area is 108 Å². The third-order valence-corrected chi connectivity index (χ3v) is 2.01. The second-order valence-electron chi connectivity index (χ2n) is 3.41. The first-order valence-electron chi connectivity index (χ1n) is 5.07. The van der Waals surface area contributed by atoms with Crippen molar-refractivity contribution < 1.29 is 15.2 Å². The van der Waals surface area contributed by atoms with Crippen molar-refractivity contribution in [3.8, 4) is 0 Å². The lowest BCUT2D eigenvalue weighted by Gasteiger charge is -2.38. The summed E-state index contributed by atoms with van der Waals surface area (Å²) in [5.74, 6) is 0. The lowest BCUT2D eigenvalue weighted by molar-refractivity contribution is 0.0292. The summed E-state index contributed by atoms with van der Waals surface area (Å²) in [6.07, 6.45) is 1.46. The van der Waals surface area contributed by atoms with Gasteiger partial charge >= 0.3 is 6.03 Å². The average Bonchev–Trinajstić information content (AvgIpc) is 2.35. The summed E-state index contributed by atoms with van der Waals surface area (Å²) in [4.78, 5) is 11.4. The van der Waals surface area contributed by atoms with Crippen LogP contribution in [0.5, 0.6) is 0 Å². The van der Waals surface area contributed by atoms with Gasteiger partial charge in [-0.25, -0.2) is 4.79 Å². The molecule has 0 saturated heterocycles. The molecule has 0 aliphatic rings. The normalized spacial score (nSPS) is 9.68. The second-order valence-corrected chi connectivity index (χ2v) is 3.41. The van der Waals surface area contributed by atoms with Gasteiger partial charge in [0.1, 0.15) is 0 Å². The highest BCUT2D eigenvalue weighted by Gasteiger charge is 2.06. The van der Waals surface area contributed by atoms with E-state index in [2.05, 4.69) is 17.2 Å². The Kier molecular flexibility index (Phi) is 5.09. The Hall–Kier alpha value is -2.33. The summed E-state index contributed by atoms with van der Waals surface area (Å²) in [5, 5.41) is 42.8. The number of urea groups is 1. The molecule has 9 nitrogen and oxygen atoms in total. The zero-order valence-corrected chi connectivity index (χ0v) is 9.74. The highest BCUT2D eigenvalue weighted by Crippen LogP contribution is 2.26. The standard InChI is InChI=1S/C10H12N4O5/c1-2-3-11-10(15)12-7-4-8(13(16)17)6-9(5-7)14(18)19/h2,4-6,16-17H,1,3H2,(H2,11,12,15)/q-2. The molecule has 2 amide bonds. The van der Waals surface area contributed by atoms with Crippen molar-refractivity contribution in [2.24, 2.45) is 0 Å². The molecule has 0 heterocycles. The quantitative estimate of drug-likeness (QED) is 0.468. The van der Waals surface area contributed by atoms with E-state index in [0.717, 1.165) is 18.2 Å². The van der Waals surface area contributed by atoms with E-state index < -0.39 is 16.9 Å². The lowest BCUT2D eigenvalue weighted by Crippen LogP contribution is -2.28. The van der Waals surface area contributed by atoms with E-state index in [0.29, 0.717) is 0 Å². The van der Waals surface area contributed by atoms with Crippen LogP contribution in [0.1, 0.15) is 0 Å². The van der Waals surface area contributed by atoms with Gasteiger partial charge in [0.25, 0.3) is 0 Å². The molecule has 0 aromatic heterocycles. The first kappa shape index (κ1) is 14.7. The van der Waals surface area contributed by atoms with Crippen molar-refractivity contribution >= 4 is 23.1 Å². The molecule has 0 fully saturated rings. The van der Waals surface area contributed by atoms with Gasteiger partial charge in [-0.1, -0.05) is 6.08 Å². The number of carbonyl (C=O) groups is 1. The summed E-state index contributed by atoms with van der Waals surface area (Å²) in [5.41, 5.74) is -0.614. The van der Waals surface area contributed by atoms with E-state index in [9.17, 15) is 15.2 Å². The topological polar surface area (TPSA) is 134 Å². The first-order valence-corrected chi connectivity index (χ1v) is 5.07. The van der Waals surface area contributed by atoms with Crippen LogP contribution in [-0.4, -0.2) is 23.0 Å². The number of anilines is 3. The lowest BCUT2D eigenvalue weighted by atomic mass is 10.2. The number of rotatable bonds is 5. The molecule has 0 aliphatic heterocycles. The van der Waals surface area contributed by atoms with Crippen molar-refractivity contribution in [3.05, 3.63) is 41.3 Å². The number of benzene rings is 1. The predicted molar refractivity (Wildman–Crippen MR) is 68.9 cm³/mol. The molecule has 1 aromatic rings. The van der Waals surface area contributed by atoms with Crippen molar-refractivity contribution in [2.45, 2.75) is 0 Å². The van der Waals surface area contributed by atoms with Crippen molar-refractivity contribution in [3.63, 3.8) is 0 Å². The minimum atomic E-state index is -0.722. The van der Waals surface area contributed by atoms with Crippen LogP contribution in [0.3, 0.4) is 0 Å². The van der Waals surface area contributed by atoms with Crippen LogP contribution in [0.2, 0.25) is 0 Å². The number of nitrogens with zero attached hydrogens (tertiary/aromatic N) is 2. The minimum absolute atomic E-state index is 0.0406. The summed E-state index contributed by atoms with van der Waals surface area (Å²) in [6.45, 7) is 3.63. The number of carbonyl (C=O) groups excluding carboxylic acids is 1. The molecule has 0 radical (unpaired) electrons. The van der Waals surface area contributed by atoms with E-state index in [1.807, 2.05) is 0 Å². The van der Waals surface area contributed by atoms with E-state index in [1.165, 1.54) is 6.08 Å². The number of nitrogens with one attached hydrogen (secondary N) is 2. The Balaban J connectivity index is 2.93. The molecule has 0 atom stereocenters. The largest absolute Gasteiger partial charge is 0.769 e. The van der Waals surface area contributed by atoms with Gasteiger partial charge in [-0.2, -0.15) is 0 Å². The molecular weight excluding hydrogens is 256 g/mol. The molecule has 19 heavy (non-hydrogen) atoms. The molecule has 1 rings (SSSR count). The Morgan fingerprint density at radius 2 is 1.95 bits per heavy atom. The fourth-order valence-electron chi connectivity index (χ4n) is 1.23. The zero-order valence-electron chi connectivity index (χ0n) is 9.74. The highest BCUT2D eigenvalue weighted by molar-refractivity contribution is 5.90. The molecule has 0 spiro atoms. The fraction of sp³-hybridized carbons (Fsp3) is 0.100. The van der Waals surface area contributed by atoms with Crippen LogP contribution < -0.4 is 21.1 Å². The van der Waals surface area contributed by atoms with Gasteiger partial charge in [-0.3, -0.25) is 10.4 Å². The van der Waals surface area contributed by atoms with E-state index >= 15 is 0 Å². The van der Waals surface area contributed by atoms with Gasteiger partial charge in [-0.05, 0) is 18.2 Å². The maximum atomic E-state index is 11.4. The van der Waals surface area contributed by atoms with Gasteiger partial charge < -0.3 is 26.3 Å². The summed E-state index contributed by atoms with van der Waals surface area (Å²) >= 11 is 0. The predicted octanol–water partition coefficient (Wildman–Crippen LogP) is 1.38. The SMILES string of the molecule is C=CCNC(=O)Nc1cc(N([O-])[O-])cc(N(O)O)c1. The Bertz CT molecular complexity index is 437.